The maximum Gasteiger partial charge on any atom is 0.407 e. The monoisotopic (exact) mass is 418 g/mol. The average Bonchev–Trinajstić information content (AvgIpc) is 2.57. The summed E-state index contributed by atoms with van der Waals surface area (Å²) in [5.74, 6) is -1.26. The van der Waals surface area contributed by atoms with E-state index in [1.807, 2.05) is 4.90 Å². The van der Waals surface area contributed by atoms with Crippen molar-refractivity contribution in [3.05, 3.63) is 28.3 Å². The lowest BCUT2D eigenvalue weighted by atomic mass is 9.88. The molecule has 2 aliphatic heterocycles. The number of hydrogen-bond acceptors (Lipinski definition) is 6. The first-order chi connectivity index (χ1) is 13.6. The molecule has 0 saturated carbocycles. The minimum atomic E-state index is -0.569. The predicted molar refractivity (Wildman–Crippen MR) is 107 cm³/mol. The zero-order valence-electron chi connectivity index (χ0n) is 16.5. The van der Waals surface area contributed by atoms with Crippen LogP contribution in [0.3, 0.4) is 0 Å². The molecule has 2 heterocycles. The number of piperidine rings is 1. The van der Waals surface area contributed by atoms with Crippen molar-refractivity contribution in [2.45, 2.75) is 51.2 Å². The molecule has 3 amide bonds. The summed E-state index contributed by atoms with van der Waals surface area (Å²) < 4.78 is 5.25. The molecule has 2 aliphatic rings. The molecule has 1 unspecified atom stereocenters. The van der Waals surface area contributed by atoms with E-state index in [1.165, 1.54) is 0 Å². The quantitative estimate of drug-likeness (QED) is 0.729. The number of imide groups is 1. The van der Waals surface area contributed by atoms with E-state index in [-0.39, 0.29) is 29.0 Å². The molecule has 29 heavy (non-hydrogen) atoms. The maximum atomic E-state index is 12.2. The molecule has 2 saturated heterocycles. The first-order valence-corrected chi connectivity index (χ1v) is 9.77. The van der Waals surface area contributed by atoms with Gasteiger partial charge in [-0.15, -0.1) is 0 Å². The highest BCUT2D eigenvalue weighted by Gasteiger charge is 2.34. The summed E-state index contributed by atoms with van der Waals surface area (Å²) in [5.41, 5.74) is 0.905. The lowest BCUT2D eigenvalue weighted by Gasteiger charge is -2.42. The van der Waals surface area contributed by atoms with Gasteiger partial charge >= 0.3 is 6.09 Å². The van der Waals surface area contributed by atoms with E-state index in [4.69, 9.17) is 16.3 Å². The number of amides is 3. The number of benzene rings is 1. The lowest BCUT2D eigenvalue weighted by molar-refractivity contribution is -0.134. The minimum Gasteiger partial charge on any atom is -0.444 e. The Bertz CT molecular complexity index is 897. The second-order valence-electron chi connectivity index (χ2n) is 8.23. The Morgan fingerprint density at radius 2 is 2.03 bits per heavy atom. The van der Waals surface area contributed by atoms with Gasteiger partial charge in [-0.05, 0) is 38.8 Å². The number of rotatable bonds is 3. The van der Waals surface area contributed by atoms with Crippen LogP contribution in [0.25, 0.3) is 0 Å². The summed E-state index contributed by atoms with van der Waals surface area (Å²) in [7, 11) is 0. The normalized spacial score (nSPS) is 19.8. The number of nitrogens with zero attached hydrogens (tertiary/aromatic N) is 2. The highest BCUT2D eigenvalue weighted by Crippen LogP contribution is 2.38. The standard InChI is InChI=1S/C20H23ClN4O4/c1-20(2,3)29-19(28)23-11-9-25(10-11)15-6-4-12(17(21)14(15)8-22)13-5-7-16(26)24-18(13)27/h4,6,11,13H,5,7,9-10H2,1-3H3,(H,23,28)(H,24,26,27). The van der Waals surface area contributed by atoms with Crippen LogP contribution in [0, 0.1) is 11.3 Å². The van der Waals surface area contributed by atoms with Crippen LogP contribution in [0.5, 0.6) is 0 Å². The van der Waals surface area contributed by atoms with Crippen molar-refractivity contribution in [2.75, 3.05) is 18.0 Å². The molecule has 0 bridgehead atoms. The Balaban J connectivity index is 1.70. The third-order valence-electron chi connectivity index (χ3n) is 4.82. The van der Waals surface area contributed by atoms with E-state index in [9.17, 15) is 19.6 Å². The first kappa shape index (κ1) is 20.9. The number of halogens is 1. The number of hydrogen-bond donors (Lipinski definition) is 2. The van der Waals surface area contributed by atoms with Gasteiger partial charge in [0, 0.05) is 19.5 Å². The first-order valence-electron chi connectivity index (χ1n) is 9.39. The van der Waals surface area contributed by atoms with E-state index in [2.05, 4.69) is 16.7 Å². The average molecular weight is 419 g/mol. The van der Waals surface area contributed by atoms with Crippen molar-refractivity contribution in [3.8, 4) is 6.07 Å². The van der Waals surface area contributed by atoms with Crippen molar-refractivity contribution < 1.29 is 19.1 Å². The Morgan fingerprint density at radius 1 is 1.34 bits per heavy atom. The summed E-state index contributed by atoms with van der Waals surface area (Å²) in [6, 6.07) is 5.51. The fraction of sp³-hybridized carbons (Fsp3) is 0.500. The number of nitriles is 1. The van der Waals surface area contributed by atoms with Crippen LogP contribution in [-0.4, -0.2) is 42.6 Å². The van der Waals surface area contributed by atoms with Crippen molar-refractivity contribution in [2.24, 2.45) is 0 Å². The molecule has 1 aromatic carbocycles. The van der Waals surface area contributed by atoms with Crippen LogP contribution < -0.4 is 15.5 Å². The fourth-order valence-electron chi connectivity index (χ4n) is 3.45. The van der Waals surface area contributed by atoms with Gasteiger partial charge in [-0.1, -0.05) is 17.7 Å². The molecular formula is C20H23ClN4O4. The van der Waals surface area contributed by atoms with Crippen LogP contribution in [0.1, 0.15) is 50.7 Å². The summed E-state index contributed by atoms with van der Waals surface area (Å²) in [4.78, 5) is 37.3. The van der Waals surface area contributed by atoms with Gasteiger partial charge in [0.25, 0.3) is 0 Å². The van der Waals surface area contributed by atoms with E-state index < -0.39 is 23.5 Å². The largest absolute Gasteiger partial charge is 0.444 e. The highest BCUT2D eigenvalue weighted by atomic mass is 35.5. The number of ether oxygens (including phenoxy) is 1. The van der Waals surface area contributed by atoms with Crippen molar-refractivity contribution in [1.29, 1.82) is 5.26 Å². The molecule has 2 N–H and O–H groups in total. The van der Waals surface area contributed by atoms with Crippen LogP contribution in [-0.2, 0) is 14.3 Å². The van der Waals surface area contributed by atoms with Gasteiger partial charge in [-0.2, -0.15) is 5.26 Å². The molecule has 8 nitrogen and oxygen atoms in total. The number of alkyl carbamates (subject to hydrolysis) is 1. The van der Waals surface area contributed by atoms with Gasteiger partial charge in [-0.3, -0.25) is 14.9 Å². The van der Waals surface area contributed by atoms with Gasteiger partial charge in [0.2, 0.25) is 11.8 Å². The third-order valence-corrected chi connectivity index (χ3v) is 5.23. The Hall–Kier alpha value is -2.79. The Labute approximate surface area is 174 Å². The van der Waals surface area contributed by atoms with E-state index >= 15 is 0 Å². The molecule has 9 heteroatoms. The predicted octanol–water partition coefficient (Wildman–Crippen LogP) is 2.45. The third kappa shape index (κ3) is 4.62. The maximum absolute atomic E-state index is 12.2. The second kappa shape index (κ2) is 7.91. The van der Waals surface area contributed by atoms with Gasteiger partial charge in [-0.25, -0.2) is 4.79 Å². The summed E-state index contributed by atoms with van der Waals surface area (Å²) in [5, 5.41) is 15.0. The van der Waals surface area contributed by atoms with Gasteiger partial charge in [0.15, 0.2) is 0 Å². The van der Waals surface area contributed by atoms with Gasteiger partial charge in [0.1, 0.15) is 11.7 Å². The SMILES string of the molecule is CC(C)(C)OC(=O)NC1CN(c2ccc(C3CCC(=O)NC3=O)c(Cl)c2C#N)C1. The summed E-state index contributed by atoms with van der Waals surface area (Å²) in [6.45, 7) is 6.42. The summed E-state index contributed by atoms with van der Waals surface area (Å²) in [6.07, 6.45) is 0.120. The van der Waals surface area contributed by atoms with Crippen molar-refractivity contribution >= 4 is 35.2 Å². The molecule has 3 rings (SSSR count). The lowest BCUT2D eigenvalue weighted by Crippen LogP contribution is -2.60. The fourth-order valence-corrected chi connectivity index (χ4v) is 3.79. The number of nitrogens with one attached hydrogen (secondary N) is 2. The Morgan fingerprint density at radius 3 is 2.62 bits per heavy atom. The smallest absolute Gasteiger partial charge is 0.407 e. The van der Waals surface area contributed by atoms with E-state index in [1.54, 1.807) is 32.9 Å². The van der Waals surface area contributed by atoms with Crippen LogP contribution in [0.15, 0.2) is 12.1 Å². The number of carbonyl (C=O) groups is 3. The molecule has 1 aromatic rings. The molecule has 0 radical (unpaired) electrons. The summed E-state index contributed by atoms with van der Waals surface area (Å²) >= 11 is 6.46. The van der Waals surface area contributed by atoms with Crippen LogP contribution >= 0.6 is 11.6 Å². The van der Waals surface area contributed by atoms with Crippen LogP contribution in [0.2, 0.25) is 5.02 Å². The van der Waals surface area contributed by atoms with Gasteiger partial charge in [0.05, 0.1) is 28.2 Å². The highest BCUT2D eigenvalue weighted by molar-refractivity contribution is 6.33. The molecule has 0 aliphatic carbocycles. The molecule has 0 aromatic heterocycles. The topological polar surface area (TPSA) is 112 Å². The van der Waals surface area contributed by atoms with E-state index in [0.717, 1.165) is 0 Å². The zero-order valence-corrected chi connectivity index (χ0v) is 17.3. The molecule has 154 valence electrons. The molecule has 0 spiro atoms. The number of carbonyl (C=O) groups excluding carboxylic acids is 3. The minimum absolute atomic E-state index is 0.0926. The van der Waals surface area contributed by atoms with Gasteiger partial charge < -0.3 is 15.0 Å². The van der Waals surface area contributed by atoms with E-state index in [0.29, 0.717) is 30.8 Å². The second-order valence-corrected chi connectivity index (χ2v) is 8.60. The van der Waals surface area contributed by atoms with Crippen LogP contribution in [0.4, 0.5) is 10.5 Å². The van der Waals surface area contributed by atoms with Crippen molar-refractivity contribution in [1.82, 2.24) is 10.6 Å². The Kier molecular flexibility index (Phi) is 5.71. The molecule has 2 fully saturated rings. The number of anilines is 1. The molecular weight excluding hydrogens is 396 g/mol. The molecule has 1 atom stereocenters. The van der Waals surface area contributed by atoms with Crippen molar-refractivity contribution in [3.63, 3.8) is 0 Å². The zero-order chi connectivity index (χ0) is 21.3.